The van der Waals surface area contributed by atoms with Crippen molar-refractivity contribution < 1.29 is 28.6 Å². The van der Waals surface area contributed by atoms with Crippen molar-refractivity contribution >= 4 is 35.1 Å². The second-order valence-electron chi connectivity index (χ2n) is 5.86. The average Bonchev–Trinajstić information content (AvgIpc) is 2.67. The summed E-state index contributed by atoms with van der Waals surface area (Å²) in [5, 5.41) is 3.07. The van der Waals surface area contributed by atoms with Gasteiger partial charge in [-0.05, 0) is 42.8 Å². The van der Waals surface area contributed by atoms with Gasteiger partial charge in [-0.3, -0.25) is 9.59 Å². The van der Waals surface area contributed by atoms with E-state index in [2.05, 4.69) is 10.1 Å². The number of anilines is 1. The zero-order chi connectivity index (χ0) is 20.7. The van der Waals surface area contributed by atoms with Crippen LogP contribution in [0.3, 0.4) is 0 Å². The molecule has 148 valence electrons. The van der Waals surface area contributed by atoms with E-state index in [1.165, 1.54) is 20.3 Å². The number of ether oxygens (including phenoxy) is 3. The van der Waals surface area contributed by atoms with Gasteiger partial charge in [0.1, 0.15) is 5.75 Å². The highest BCUT2D eigenvalue weighted by Crippen LogP contribution is 2.23. The zero-order valence-corrected chi connectivity index (χ0v) is 16.5. The van der Waals surface area contributed by atoms with Gasteiger partial charge in [-0.15, -0.1) is 0 Å². The van der Waals surface area contributed by atoms with Gasteiger partial charge in [0.15, 0.2) is 6.61 Å². The highest BCUT2D eigenvalue weighted by atomic mass is 35.5. The Hall–Kier alpha value is -3.06. The number of aryl methyl sites for hydroxylation is 1. The minimum atomic E-state index is -0.601. The van der Waals surface area contributed by atoms with Crippen LogP contribution in [0.5, 0.6) is 5.75 Å². The minimum absolute atomic E-state index is 0.0894. The number of methoxy groups -OCH3 is 2. The molecular formula is C20H20ClNO6. The van der Waals surface area contributed by atoms with Gasteiger partial charge in [-0.1, -0.05) is 17.7 Å². The maximum Gasteiger partial charge on any atom is 0.337 e. The van der Waals surface area contributed by atoms with Crippen molar-refractivity contribution in [3.8, 4) is 5.75 Å². The lowest BCUT2D eigenvalue weighted by Crippen LogP contribution is -2.22. The molecule has 0 radical (unpaired) electrons. The Kier molecular flexibility index (Phi) is 7.40. The van der Waals surface area contributed by atoms with E-state index in [9.17, 15) is 14.4 Å². The second kappa shape index (κ2) is 9.75. The van der Waals surface area contributed by atoms with Crippen molar-refractivity contribution in [2.24, 2.45) is 0 Å². The fourth-order valence-electron chi connectivity index (χ4n) is 2.43. The summed E-state index contributed by atoms with van der Waals surface area (Å²) in [5.74, 6) is -1.15. The highest BCUT2D eigenvalue weighted by molar-refractivity contribution is 6.30. The summed E-state index contributed by atoms with van der Waals surface area (Å²) in [4.78, 5) is 35.7. The Balaban J connectivity index is 1.95. The summed E-state index contributed by atoms with van der Waals surface area (Å²) in [7, 11) is 2.76. The summed E-state index contributed by atoms with van der Waals surface area (Å²) in [6.45, 7) is 1.30. The summed E-state index contributed by atoms with van der Waals surface area (Å²) in [6, 6.07) is 9.66. The largest absolute Gasteiger partial charge is 0.496 e. The van der Waals surface area contributed by atoms with Gasteiger partial charge >= 0.3 is 11.9 Å². The van der Waals surface area contributed by atoms with Crippen molar-refractivity contribution in [1.29, 1.82) is 0 Å². The molecule has 7 nitrogen and oxygen atoms in total. The Morgan fingerprint density at radius 1 is 1.07 bits per heavy atom. The normalized spacial score (nSPS) is 10.1. The molecular weight excluding hydrogens is 386 g/mol. The van der Waals surface area contributed by atoms with Crippen molar-refractivity contribution in [2.45, 2.75) is 13.3 Å². The van der Waals surface area contributed by atoms with Gasteiger partial charge in [0.05, 0.1) is 26.2 Å². The predicted octanol–water partition coefficient (Wildman–Crippen LogP) is 3.17. The zero-order valence-electron chi connectivity index (χ0n) is 15.7. The number of hydrogen-bond acceptors (Lipinski definition) is 6. The van der Waals surface area contributed by atoms with Gasteiger partial charge in [-0.2, -0.15) is 0 Å². The van der Waals surface area contributed by atoms with E-state index in [4.69, 9.17) is 21.1 Å². The third-order valence-corrected chi connectivity index (χ3v) is 4.11. The molecule has 0 aliphatic heterocycles. The fraction of sp³-hybridized carbons (Fsp3) is 0.250. The first-order chi connectivity index (χ1) is 13.3. The van der Waals surface area contributed by atoms with Crippen LogP contribution in [0, 0.1) is 6.92 Å². The molecule has 0 fully saturated rings. The summed E-state index contributed by atoms with van der Waals surface area (Å²) < 4.78 is 14.9. The predicted molar refractivity (Wildman–Crippen MR) is 104 cm³/mol. The smallest absolute Gasteiger partial charge is 0.337 e. The van der Waals surface area contributed by atoms with Crippen LogP contribution in [0.1, 0.15) is 21.5 Å². The molecule has 0 aromatic heterocycles. The number of esters is 2. The number of nitrogens with one attached hydrogen (secondary N) is 1. The van der Waals surface area contributed by atoms with E-state index in [0.717, 1.165) is 5.56 Å². The molecule has 0 aliphatic carbocycles. The monoisotopic (exact) mass is 405 g/mol. The van der Waals surface area contributed by atoms with Crippen LogP contribution in [0.2, 0.25) is 5.02 Å². The van der Waals surface area contributed by atoms with Crippen LogP contribution in [0.15, 0.2) is 36.4 Å². The second-order valence-corrected chi connectivity index (χ2v) is 6.30. The molecule has 28 heavy (non-hydrogen) atoms. The molecule has 0 aliphatic rings. The van der Waals surface area contributed by atoms with E-state index >= 15 is 0 Å². The van der Waals surface area contributed by atoms with Crippen LogP contribution in [0.4, 0.5) is 5.69 Å². The van der Waals surface area contributed by atoms with Crippen LogP contribution < -0.4 is 10.1 Å². The van der Waals surface area contributed by atoms with Crippen molar-refractivity contribution in [3.63, 3.8) is 0 Å². The van der Waals surface area contributed by atoms with Crippen LogP contribution in [-0.2, 0) is 25.5 Å². The molecule has 0 unspecified atom stereocenters. The molecule has 0 bridgehead atoms. The Bertz CT molecular complexity index is 896. The first kappa shape index (κ1) is 21.2. The number of amides is 1. The average molecular weight is 406 g/mol. The van der Waals surface area contributed by atoms with E-state index in [1.54, 1.807) is 37.3 Å². The minimum Gasteiger partial charge on any atom is -0.496 e. The summed E-state index contributed by atoms with van der Waals surface area (Å²) >= 11 is 5.93. The molecule has 1 N–H and O–H groups in total. The van der Waals surface area contributed by atoms with Crippen molar-refractivity contribution in [3.05, 3.63) is 58.1 Å². The SMILES string of the molecule is COC(=O)c1ccc(C)c(NC(=O)COC(=O)Cc2cc(Cl)ccc2OC)c1. The number of halogens is 1. The van der Waals surface area contributed by atoms with E-state index < -0.39 is 24.5 Å². The third-order valence-electron chi connectivity index (χ3n) is 3.87. The molecule has 0 heterocycles. The highest BCUT2D eigenvalue weighted by Gasteiger charge is 2.14. The van der Waals surface area contributed by atoms with Crippen molar-refractivity contribution in [1.82, 2.24) is 0 Å². The van der Waals surface area contributed by atoms with Crippen LogP contribution in [-0.4, -0.2) is 38.7 Å². The van der Waals surface area contributed by atoms with E-state index in [0.29, 0.717) is 27.6 Å². The molecule has 2 rings (SSSR count). The van der Waals surface area contributed by atoms with Gasteiger partial charge in [0.25, 0.3) is 5.91 Å². The lowest BCUT2D eigenvalue weighted by atomic mass is 10.1. The lowest BCUT2D eigenvalue weighted by molar-refractivity contribution is -0.146. The number of benzene rings is 2. The molecule has 0 saturated heterocycles. The number of carbonyl (C=O) groups is 3. The molecule has 2 aromatic carbocycles. The molecule has 0 saturated carbocycles. The maximum absolute atomic E-state index is 12.1. The van der Waals surface area contributed by atoms with E-state index in [-0.39, 0.29) is 6.42 Å². The van der Waals surface area contributed by atoms with Gasteiger partial charge in [-0.25, -0.2) is 4.79 Å². The van der Waals surface area contributed by atoms with E-state index in [1.807, 2.05) is 0 Å². The Labute approximate surface area is 167 Å². The topological polar surface area (TPSA) is 90.9 Å². The number of carbonyl (C=O) groups excluding carboxylic acids is 3. The molecule has 8 heteroatoms. The van der Waals surface area contributed by atoms with Gasteiger partial charge in [0.2, 0.25) is 0 Å². The number of hydrogen-bond donors (Lipinski definition) is 1. The van der Waals surface area contributed by atoms with Crippen LogP contribution >= 0.6 is 11.6 Å². The third kappa shape index (κ3) is 5.72. The molecule has 2 aromatic rings. The standard InChI is InChI=1S/C20H20ClNO6/c1-12-4-5-13(20(25)27-3)9-16(12)22-18(23)11-28-19(24)10-14-8-15(21)6-7-17(14)26-2/h4-9H,10-11H2,1-3H3,(H,22,23). The maximum atomic E-state index is 12.1. The van der Waals surface area contributed by atoms with Crippen LogP contribution in [0.25, 0.3) is 0 Å². The lowest BCUT2D eigenvalue weighted by Gasteiger charge is -2.11. The first-order valence-corrected chi connectivity index (χ1v) is 8.68. The molecule has 1 amide bonds. The first-order valence-electron chi connectivity index (χ1n) is 8.31. The molecule has 0 atom stereocenters. The molecule has 0 spiro atoms. The fourth-order valence-corrected chi connectivity index (χ4v) is 2.62. The Morgan fingerprint density at radius 3 is 2.50 bits per heavy atom. The Morgan fingerprint density at radius 2 is 1.82 bits per heavy atom. The summed E-state index contributed by atoms with van der Waals surface area (Å²) in [6.07, 6.45) is -0.0894. The van der Waals surface area contributed by atoms with Crippen molar-refractivity contribution in [2.75, 3.05) is 26.1 Å². The number of rotatable bonds is 7. The van der Waals surface area contributed by atoms with Gasteiger partial charge in [0, 0.05) is 16.3 Å². The van der Waals surface area contributed by atoms with Gasteiger partial charge < -0.3 is 19.5 Å². The summed E-state index contributed by atoms with van der Waals surface area (Å²) in [5.41, 5.74) is 2.03. The quantitative estimate of drug-likeness (QED) is 0.711.